The molecular weight excluding hydrogens is 246 g/mol. The zero-order valence-electron chi connectivity index (χ0n) is 11.6. The van der Waals surface area contributed by atoms with Crippen LogP contribution in [0.25, 0.3) is 0 Å². The van der Waals surface area contributed by atoms with Crippen LogP contribution in [0.5, 0.6) is 0 Å². The number of aryl methyl sites for hydroxylation is 2. The van der Waals surface area contributed by atoms with E-state index in [0.717, 1.165) is 11.1 Å². The molecule has 0 saturated carbocycles. The van der Waals surface area contributed by atoms with Crippen LogP contribution in [-0.2, 0) is 14.3 Å². The van der Waals surface area contributed by atoms with Crippen LogP contribution in [0.2, 0.25) is 0 Å². The first kappa shape index (κ1) is 15.2. The van der Waals surface area contributed by atoms with Gasteiger partial charge < -0.3 is 9.84 Å². The van der Waals surface area contributed by atoms with Gasteiger partial charge in [-0.1, -0.05) is 18.2 Å². The molecule has 0 bridgehead atoms. The van der Waals surface area contributed by atoms with E-state index in [0.29, 0.717) is 5.69 Å². The minimum absolute atomic E-state index is 0.524. The number of methoxy groups -OCH3 is 1. The highest BCUT2D eigenvalue weighted by molar-refractivity contribution is 6.01. The van der Waals surface area contributed by atoms with E-state index in [1.165, 1.54) is 12.0 Å². The van der Waals surface area contributed by atoms with Crippen molar-refractivity contribution in [2.24, 2.45) is 0 Å². The number of hydrogen-bond donors (Lipinski definition) is 1. The zero-order valence-corrected chi connectivity index (χ0v) is 11.6. The molecule has 0 fully saturated rings. The van der Waals surface area contributed by atoms with E-state index in [2.05, 4.69) is 4.74 Å². The van der Waals surface area contributed by atoms with E-state index in [9.17, 15) is 9.59 Å². The van der Waals surface area contributed by atoms with Crippen molar-refractivity contribution in [3.8, 4) is 0 Å². The van der Waals surface area contributed by atoms with Crippen molar-refractivity contribution >= 4 is 17.6 Å². The van der Waals surface area contributed by atoms with Crippen LogP contribution >= 0.6 is 0 Å². The molecule has 1 rings (SSSR count). The molecule has 0 spiro atoms. The molecule has 19 heavy (non-hydrogen) atoms. The second-order valence-electron chi connectivity index (χ2n) is 4.36. The molecule has 0 aliphatic rings. The van der Waals surface area contributed by atoms with Gasteiger partial charge in [0.05, 0.1) is 12.8 Å². The number of carbonyl (C=O) groups is 2. The summed E-state index contributed by atoms with van der Waals surface area (Å²) in [7, 11) is 1.27. The third kappa shape index (κ3) is 3.12. The molecule has 1 unspecified atom stereocenters. The summed E-state index contributed by atoms with van der Waals surface area (Å²) in [5, 5.41) is 9.11. The Labute approximate surface area is 112 Å². The number of hydrogen-bond acceptors (Lipinski definition) is 4. The van der Waals surface area contributed by atoms with Gasteiger partial charge >= 0.3 is 5.97 Å². The summed E-state index contributed by atoms with van der Waals surface area (Å²) in [6, 6.07) is 4.79. The Hall–Kier alpha value is -1.88. The molecule has 104 valence electrons. The van der Waals surface area contributed by atoms with Gasteiger partial charge in [0.15, 0.2) is 0 Å². The van der Waals surface area contributed by atoms with E-state index in [-0.39, 0.29) is 0 Å². The molecule has 0 aromatic heterocycles. The molecule has 0 heterocycles. The van der Waals surface area contributed by atoms with Crippen molar-refractivity contribution in [1.82, 2.24) is 0 Å². The normalized spacial score (nSPS) is 11.8. The lowest BCUT2D eigenvalue weighted by Gasteiger charge is -2.29. The van der Waals surface area contributed by atoms with Gasteiger partial charge in [0.2, 0.25) is 0 Å². The highest BCUT2D eigenvalue weighted by Crippen LogP contribution is 2.26. The number of aliphatic hydroxyl groups excluding tert-OH is 1. The fourth-order valence-corrected chi connectivity index (χ4v) is 2.07. The lowest BCUT2D eigenvalue weighted by molar-refractivity contribution is -0.143. The maximum Gasteiger partial charge on any atom is 0.328 e. The predicted molar refractivity (Wildman–Crippen MR) is 72.0 cm³/mol. The van der Waals surface area contributed by atoms with Gasteiger partial charge in [-0.15, -0.1) is 0 Å². The van der Waals surface area contributed by atoms with Crippen molar-refractivity contribution in [2.75, 3.05) is 18.6 Å². The molecule has 1 amide bonds. The number of para-hydroxylation sites is 1. The number of amides is 1. The predicted octanol–water partition coefficient (Wildman–Crippen LogP) is 1.19. The van der Waals surface area contributed by atoms with Crippen LogP contribution in [0.3, 0.4) is 0 Å². The second kappa shape index (κ2) is 6.33. The van der Waals surface area contributed by atoms with Gasteiger partial charge in [-0.3, -0.25) is 9.69 Å². The van der Waals surface area contributed by atoms with Crippen molar-refractivity contribution < 1.29 is 19.4 Å². The fourth-order valence-electron chi connectivity index (χ4n) is 2.07. The summed E-state index contributed by atoms with van der Waals surface area (Å²) < 4.78 is 4.67. The maximum absolute atomic E-state index is 11.9. The molecule has 1 N–H and O–H groups in total. The summed E-state index contributed by atoms with van der Waals surface area (Å²) in [6.07, 6.45) is 0. The van der Waals surface area contributed by atoms with Gasteiger partial charge in [0.25, 0.3) is 5.91 Å². The molecule has 0 radical (unpaired) electrons. The number of carbonyl (C=O) groups excluding carboxylic acids is 2. The Morgan fingerprint density at radius 3 is 2.26 bits per heavy atom. The van der Waals surface area contributed by atoms with Gasteiger partial charge in [-0.2, -0.15) is 0 Å². The van der Waals surface area contributed by atoms with Crippen molar-refractivity contribution in [3.05, 3.63) is 29.3 Å². The quantitative estimate of drug-likeness (QED) is 0.830. The maximum atomic E-state index is 11.9. The number of benzene rings is 1. The minimum atomic E-state index is -0.788. The molecule has 1 aromatic carbocycles. The van der Waals surface area contributed by atoms with E-state index < -0.39 is 24.5 Å². The Bertz CT molecular complexity index is 464. The average Bonchev–Trinajstić information content (AvgIpc) is 2.40. The van der Waals surface area contributed by atoms with Crippen molar-refractivity contribution in [2.45, 2.75) is 26.8 Å². The van der Waals surface area contributed by atoms with Gasteiger partial charge in [-0.25, -0.2) is 4.79 Å². The topological polar surface area (TPSA) is 66.8 Å². The van der Waals surface area contributed by atoms with Gasteiger partial charge in [0.1, 0.15) is 12.6 Å². The van der Waals surface area contributed by atoms with Crippen LogP contribution in [0.4, 0.5) is 5.69 Å². The summed E-state index contributed by atoms with van der Waals surface area (Å²) in [6.45, 7) is 4.62. The summed E-state index contributed by atoms with van der Waals surface area (Å²) in [5.41, 5.74) is 2.36. The second-order valence-corrected chi connectivity index (χ2v) is 4.36. The first-order chi connectivity index (χ1) is 8.93. The highest BCUT2D eigenvalue weighted by atomic mass is 16.5. The summed E-state index contributed by atoms with van der Waals surface area (Å²) in [4.78, 5) is 24.9. The first-order valence-corrected chi connectivity index (χ1v) is 6.01. The Kier molecular flexibility index (Phi) is 5.06. The Morgan fingerprint density at radius 1 is 1.32 bits per heavy atom. The number of esters is 1. The summed E-state index contributed by atoms with van der Waals surface area (Å²) in [5.74, 6) is -1.06. The van der Waals surface area contributed by atoms with E-state index in [4.69, 9.17) is 5.11 Å². The van der Waals surface area contributed by atoms with Crippen molar-refractivity contribution in [3.63, 3.8) is 0 Å². The largest absolute Gasteiger partial charge is 0.467 e. The van der Waals surface area contributed by atoms with Crippen LogP contribution in [-0.4, -0.2) is 36.7 Å². The lowest BCUT2D eigenvalue weighted by atomic mass is 10.1. The Balaban J connectivity index is 3.32. The molecule has 5 nitrogen and oxygen atoms in total. The van der Waals surface area contributed by atoms with Crippen LogP contribution < -0.4 is 4.90 Å². The van der Waals surface area contributed by atoms with Gasteiger partial charge in [-0.05, 0) is 31.9 Å². The lowest BCUT2D eigenvalue weighted by Crippen LogP contribution is -2.46. The highest BCUT2D eigenvalue weighted by Gasteiger charge is 2.29. The molecule has 0 aliphatic carbocycles. The molecule has 1 atom stereocenters. The molecule has 0 saturated heterocycles. The standard InChI is InChI=1S/C14H19NO4/c1-9-6-5-7-10(2)13(9)15(12(17)8-16)11(3)14(18)19-4/h5-7,11,16H,8H2,1-4H3. The number of nitrogens with zero attached hydrogens (tertiary/aromatic N) is 1. The number of aliphatic hydroxyl groups is 1. The van der Waals surface area contributed by atoms with Crippen LogP contribution in [0, 0.1) is 13.8 Å². The number of ether oxygens (including phenoxy) is 1. The molecule has 0 aliphatic heterocycles. The third-order valence-electron chi connectivity index (χ3n) is 3.01. The fraction of sp³-hybridized carbons (Fsp3) is 0.429. The number of anilines is 1. The van der Waals surface area contributed by atoms with Crippen LogP contribution in [0.1, 0.15) is 18.1 Å². The van der Waals surface area contributed by atoms with Gasteiger partial charge in [0, 0.05) is 0 Å². The average molecular weight is 265 g/mol. The monoisotopic (exact) mass is 265 g/mol. The third-order valence-corrected chi connectivity index (χ3v) is 3.01. The minimum Gasteiger partial charge on any atom is -0.467 e. The van der Waals surface area contributed by atoms with E-state index in [1.54, 1.807) is 6.92 Å². The number of rotatable bonds is 4. The van der Waals surface area contributed by atoms with Crippen molar-refractivity contribution in [1.29, 1.82) is 0 Å². The smallest absolute Gasteiger partial charge is 0.328 e. The molecule has 5 heteroatoms. The molecule has 1 aromatic rings. The van der Waals surface area contributed by atoms with E-state index >= 15 is 0 Å². The molecular formula is C14H19NO4. The van der Waals surface area contributed by atoms with Crippen LogP contribution in [0.15, 0.2) is 18.2 Å². The Morgan fingerprint density at radius 2 is 1.84 bits per heavy atom. The first-order valence-electron chi connectivity index (χ1n) is 6.01. The zero-order chi connectivity index (χ0) is 14.6. The summed E-state index contributed by atoms with van der Waals surface area (Å²) >= 11 is 0. The SMILES string of the molecule is COC(=O)C(C)N(C(=O)CO)c1c(C)cccc1C. The van der Waals surface area contributed by atoms with E-state index in [1.807, 2.05) is 32.0 Å².